The van der Waals surface area contributed by atoms with Gasteiger partial charge in [0.05, 0.1) is 21.8 Å². The largest absolute Gasteiger partial charge is 0.452 e. The van der Waals surface area contributed by atoms with E-state index in [2.05, 4.69) is 16.4 Å². The summed E-state index contributed by atoms with van der Waals surface area (Å²) in [6.07, 6.45) is 3.07. The lowest BCUT2D eigenvalue weighted by atomic mass is 10.00. The van der Waals surface area contributed by atoms with Gasteiger partial charge >= 0.3 is 5.97 Å². The fraction of sp³-hybridized carbons (Fsp3) is 0.273. The normalized spacial score (nSPS) is 15.0. The molecule has 29 heavy (non-hydrogen) atoms. The number of hydrogen-bond acceptors (Lipinski definition) is 6. The van der Waals surface area contributed by atoms with Gasteiger partial charge < -0.3 is 10.1 Å². The molecule has 0 spiro atoms. The van der Waals surface area contributed by atoms with Crippen LogP contribution in [0, 0.1) is 11.3 Å². The van der Waals surface area contributed by atoms with E-state index < -0.39 is 24.0 Å². The second kappa shape index (κ2) is 8.02. The molecule has 1 amide bonds. The number of para-hydroxylation sites is 1. The zero-order valence-electron chi connectivity index (χ0n) is 15.7. The van der Waals surface area contributed by atoms with E-state index in [-0.39, 0.29) is 0 Å². The van der Waals surface area contributed by atoms with Crippen molar-refractivity contribution in [3.63, 3.8) is 0 Å². The highest BCUT2D eigenvalue weighted by Crippen LogP contribution is 2.32. The molecule has 0 atom stereocenters. The molecule has 1 fully saturated rings. The van der Waals surface area contributed by atoms with Crippen LogP contribution in [-0.2, 0) is 9.53 Å². The average molecular weight is 405 g/mol. The first-order chi connectivity index (χ1) is 14.1. The number of rotatable bonds is 5. The van der Waals surface area contributed by atoms with Gasteiger partial charge in [-0.2, -0.15) is 5.26 Å². The average Bonchev–Trinajstić information content (AvgIpc) is 3.39. The Morgan fingerprint density at radius 2 is 1.86 bits per heavy atom. The van der Waals surface area contributed by atoms with Gasteiger partial charge in [-0.3, -0.25) is 4.79 Å². The molecule has 0 aliphatic heterocycles. The molecule has 1 saturated carbocycles. The molecule has 1 aliphatic rings. The van der Waals surface area contributed by atoms with E-state index in [4.69, 9.17) is 4.74 Å². The third kappa shape index (κ3) is 3.98. The number of nitrogens with zero attached hydrogens (tertiary/aromatic N) is 2. The molecule has 6 nitrogen and oxygen atoms in total. The van der Waals surface area contributed by atoms with Crippen molar-refractivity contribution in [1.29, 1.82) is 5.26 Å². The minimum absolute atomic E-state index is 0.357. The van der Waals surface area contributed by atoms with Gasteiger partial charge in [-0.15, -0.1) is 11.3 Å². The molecule has 0 bridgehead atoms. The third-order valence-corrected chi connectivity index (χ3v) is 6.13. The molecule has 0 radical (unpaired) electrons. The summed E-state index contributed by atoms with van der Waals surface area (Å²) in [5, 5.41) is 12.8. The molecule has 1 aromatic heterocycles. The predicted octanol–water partition coefficient (Wildman–Crippen LogP) is 4.07. The SMILES string of the molecule is N#CC1(NC(=O)COC(=O)c2ccccc2-c2nc3ccccc3s2)CCCC1. The Labute approximate surface area is 172 Å². The lowest BCUT2D eigenvalue weighted by molar-refractivity contribution is -0.125. The number of esters is 1. The minimum atomic E-state index is -0.831. The van der Waals surface area contributed by atoms with Crippen LogP contribution in [0.2, 0.25) is 0 Å². The first-order valence-corrected chi connectivity index (χ1v) is 10.3. The molecule has 1 heterocycles. The Balaban J connectivity index is 1.48. The van der Waals surface area contributed by atoms with Crippen molar-refractivity contribution in [3.8, 4) is 16.6 Å². The number of nitrogens with one attached hydrogen (secondary N) is 1. The van der Waals surface area contributed by atoms with Crippen molar-refractivity contribution in [2.45, 2.75) is 31.2 Å². The number of hydrogen-bond donors (Lipinski definition) is 1. The van der Waals surface area contributed by atoms with Crippen LogP contribution in [-0.4, -0.2) is 29.0 Å². The highest BCUT2D eigenvalue weighted by molar-refractivity contribution is 7.21. The third-order valence-electron chi connectivity index (χ3n) is 5.06. The maximum absolute atomic E-state index is 12.7. The summed E-state index contributed by atoms with van der Waals surface area (Å²) in [4.78, 5) is 29.5. The maximum atomic E-state index is 12.7. The zero-order chi connectivity index (χ0) is 20.3. The molecule has 0 unspecified atom stereocenters. The van der Waals surface area contributed by atoms with Crippen LogP contribution in [0.15, 0.2) is 48.5 Å². The van der Waals surface area contributed by atoms with Crippen LogP contribution in [0.25, 0.3) is 20.8 Å². The van der Waals surface area contributed by atoms with Gasteiger partial charge in [0.15, 0.2) is 6.61 Å². The van der Waals surface area contributed by atoms with E-state index in [0.29, 0.717) is 24.0 Å². The van der Waals surface area contributed by atoms with E-state index in [1.807, 2.05) is 36.4 Å². The quantitative estimate of drug-likeness (QED) is 0.646. The number of carbonyl (C=O) groups is 2. The monoisotopic (exact) mass is 405 g/mol. The van der Waals surface area contributed by atoms with Crippen LogP contribution < -0.4 is 5.32 Å². The van der Waals surface area contributed by atoms with Crippen LogP contribution in [0.5, 0.6) is 0 Å². The Hall–Kier alpha value is -3.24. The van der Waals surface area contributed by atoms with E-state index >= 15 is 0 Å². The molecule has 7 heteroatoms. The van der Waals surface area contributed by atoms with Crippen molar-refractivity contribution in [1.82, 2.24) is 10.3 Å². The number of benzene rings is 2. The second-order valence-corrected chi connectivity index (χ2v) is 8.09. The smallest absolute Gasteiger partial charge is 0.339 e. The van der Waals surface area contributed by atoms with Crippen molar-refractivity contribution < 1.29 is 14.3 Å². The fourth-order valence-corrected chi connectivity index (χ4v) is 4.60. The number of aromatic nitrogens is 1. The van der Waals surface area contributed by atoms with Crippen LogP contribution in [0.4, 0.5) is 0 Å². The first kappa shape index (κ1) is 19.1. The van der Waals surface area contributed by atoms with E-state index in [0.717, 1.165) is 28.1 Å². The summed E-state index contributed by atoms with van der Waals surface area (Å²) in [6, 6.07) is 17.0. The highest BCUT2D eigenvalue weighted by Gasteiger charge is 2.35. The van der Waals surface area contributed by atoms with Gasteiger partial charge in [0, 0.05) is 5.56 Å². The summed E-state index contributed by atoms with van der Waals surface area (Å²) in [7, 11) is 0. The number of amides is 1. The van der Waals surface area contributed by atoms with Crippen LogP contribution in [0.3, 0.4) is 0 Å². The Morgan fingerprint density at radius 1 is 1.14 bits per heavy atom. The van der Waals surface area contributed by atoms with E-state index in [1.54, 1.807) is 12.1 Å². The topological polar surface area (TPSA) is 92.1 Å². The Morgan fingerprint density at radius 3 is 2.62 bits per heavy atom. The number of fused-ring (bicyclic) bond motifs is 1. The summed E-state index contributed by atoms with van der Waals surface area (Å²) in [5.41, 5.74) is 1.06. The number of nitriles is 1. The summed E-state index contributed by atoms with van der Waals surface area (Å²) in [6.45, 7) is -0.420. The van der Waals surface area contributed by atoms with Crippen molar-refractivity contribution in [2.24, 2.45) is 0 Å². The van der Waals surface area contributed by atoms with E-state index in [9.17, 15) is 14.9 Å². The summed E-state index contributed by atoms with van der Waals surface area (Å²) >= 11 is 1.50. The summed E-state index contributed by atoms with van der Waals surface area (Å²) in [5.74, 6) is -1.05. The zero-order valence-corrected chi connectivity index (χ0v) is 16.5. The molecule has 2 aromatic carbocycles. The van der Waals surface area contributed by atoms with Crippen molar-refractivity contribution >= 4 is 33.4 Å². The molecule has 146 valence electrons. The van der Waals surface area contributed by atoms with Gasteiger partial charge in [-0.05, 0) is 43.9 Å². The maximum Gasteiger partial charge on any atom is 0.339 e. The fourth-order valence-electron chi connectivity index (χ4n) is 3.59. The molecule has 4 rings (SSSR count). The lowest BCUT2D eigenvalue weighted by Crippen LogP contribution is -2.46. The highest BCUT2D eigenvalue weighted by atomic mass is 32.1. The molecular weight excluding hydrogens is 386 g/mol. The molecule has 1 N–H and O–H groups in total. The number of ether oxygens (including phenoxy) is 1. The second-order valence-electron chi connectivity index (χ2n) is 7.06. The van der Waals surface area contributed by atoms with Crippen molar-refractivity contribution in [3.05, 3.63) is 54.1 Å². The minimum Gasteiger partial charge on any atom is -0.452 e. The molecule has 3 aromatic rings. The van der Waals surface area contributed by atoms with Crippen LogP contribution >= 0.6 is 11.3 Å². The van der Waals surface area contributed by atoms with Gasteiger partial charge in [0.25, 0.3) is 5.91 Å². The van der Waals surface area contributed by atoms with Crippen LogP contribution in [0.1, 0.15) is 36.0 Å². The Kier molecular flexibility index (Phi) is 5.28. The van der Waals surface area contributed by atoms with Gasteiger partial charge in [0.1, 0.15) is 10.5 Å². The lowest BCUT2D eigenvalue weighted by Gasteiger charge is -2.21. The molecule has 1 aliphatic carbocycles. The standard InChI is InChI=1S/C22H19N3O3S/c23-14-22(11-5-6-12-22)25-19(26)13-28-21(27)16-8-2-1-7-15(16)20-24-17-9-3-4-10-18(17)29-20/h1-4,7-10H,5-6,11-13H2,(H,25,26). The first-order valence-electron chi connectivity index (χ1n) is 9.45. The molecular formula is C22H19N3O3S. The predicted molar refractivity (Wildman–Crippen MR) is 110 cm³/mol. The Bertz CT molecular complexity index is 1080. The van der Waals surface area contributed by atoms with Crippen molar-refractivity contribution in [2.75, 3.05) is 6.61 Å². The van der Waals surface area contributed by atoms with Gasteiger partial charge in [-0.25, -0.2) is 9.78 Å². The number of thiazole rings is 1. The van der Waals surface area contributed by atoms with Gasteiger partial charge in [0.2, 0.25) is 0 Å². The van der Waals surface area contributed by atoms with E-state index in [1.165, 1.54) is 11.3 Å². The van der Waals surface area contributed by atoms with Gasteiger partial charge in [-0.1, -0.05) is 30.3 Å². The summed E-state index contributed by atoms with van der Waals surface area (Å²) < 4.78 is 6.27. The molecule has 0 saturated heterocycles. The number of carbonyl (C=O) groups excluding carboxylic acids is 2.